The molecule has 0 radical (unpaired) electrons. The monoisotopic (exact) mass is 362 g/mol. The van der Waals surface area contributed by atoms with Crippen molar-refractivity contribution in [3.05, 3.63) is 35.7 Å². The van der Waals surface area contributed by atoms with Gasteiger partial charge in [-0.2, -0.15) is 24.4 Å². The van der Waals surface area contributed by atoms with Crippen LogP contribution >= 0.6 is 0 Å². The highest BCUT2D eigenvalue weighted by atomic mass is 32.2. The Hall–Kier alpha value is -2.30. The van der Waals surface area contributed by atoms with Gasteiger partial charge in [0.25, 0.3) is 0 Å². The number of fused-ring (bicyclic) bond motifs is 2. The molecule has 0 saturated heterocycles. The maximum absolute atomic E-state index is 13.2. The van der Waals surface area contributed by atoms with Gasteiger partial charge in [-0.25, -0.2) is 8.42 Å². The lowest BCUT2D eigenvalue weighted by Crippen LogP contribution is -2.31. The SMILES string of the molecule is Cn1nc2cccc(S(=O)(=O)N3CCCn4nc(CO)cc4C3)c2n1. The number of aromatic nitrogens is 5. The van der Waals surface area contributed by atoms with Crippen LogP contribution < -0.4 is 0 Å². The van der Waals surface area contributed by atoms with E-state index in [0.29, 0.717) is 36.2 Å². The van der Waals surface area contributed by atoms with Crippen molar-refractivity contribution in [2.75, 3.05) is 6.54 Å². The molecule has 25 heavy (non-hydrogen) atoms. The van der Waals surface area contributed by atoms with Gasteiger partial charge in [0.2, 0.25) is 10.0 Å². The van der Waals surface area contributed by atoms with Crippen LogP contribution in [-0.2, 0) is 36.8 Å². The van der Waals surface area contributed by atoms with E-state index in [-0.39, 0.29) is 18.0 Å². The molecule has 0 bridgehead atoms. The molecule has 3 aromatic rings. The van der Waals surface area contributed by atoms with Crippen molar-refractivity contribution in [2.45, 2.75) is 31.0 Å². The molecule has 4 rings (SSSR count). The number of benzene rings is 1. The second kappa shape index (κ2) is 5.90. The maximum atomic E-state index is 13.2. The molecule has 0 atom stereocenters. The lowest BCUT2D eigenvalue weighted by atomic mass is 10.3. The predicted octanol–water partition coefficient (Wildman–Crippen LogP) is 0.252. The molecule has 1 N–H and O–H groups in total. The van der Waals surface area contributed by atoms with Crippen molar-refractivity contribution in [2.24, 2.45) is 7.05 Å². The summed E-state index contributed by atoms with van der Waals surface area (Å²) in [5.41, 5.74) is 2.24. The van der Waals surface area contributed by atoms with E-state index in [9.17, 15) is 13.5 Å². The summed E-state index contributed by atoms with van der Waals surface area (Å²) in [4.78, 5) is 1.53. The first-order chi connectivity index (χ1) is 12.0. The third-order valence-corrected chi connectivity index (χ3v) is 6.16. The largest absolute Gasteiger partial charge is 0.390 e. The van der Waals surface area contributed by atoms with Crippen molar-refractivity contribution < 1.29 is 13.5 Å². The second-order valence-corrected chi connectivity index (χ2v) is 7.92. The number of rotatable bonds is 3. The molecule has 0 spiro atoms. The van der Waals surface area contributed by atoms with Crippen LogP contribution in [0.1, 0.15) is 17.8 Å². The van der Waals surface area contributed by atoms with E-state index < -0.39 is 10.0 Å². The summed E-state index contributed by atoms with van der Waals surface area (Å²) in [6.45, 7) is 1.07. The number of hydrogen-bond donors (Lipinski definition) is 1. The van der Waals surface area contributed by atoms with Crippen LogP contribution in [0.2, 0.25) is 0 Å². The van der Waals surface area contributed by atoms with Crippen LogP contribution in [0.25, 0.3) is 11.0 Å². The van der Waals surface area contributed by atoms with E-state index >= 15 is 0 Å². The lowest BCUT2D eigenvalue weighted by Gasteiger charge is -2.19. The molecule has 9 nitrogen and oxygen atoms in total. The third-order valence-electron chi connectivity index (χ3n) is 4.28. The average molecular weight is 362 g/mol. The van der Waals surface area contributed by atoms with Crippen LogP contribution in [0.15, 0.2) is 29.2 Å². The Bertz CT molecular complexity index is 1040. The van der Waals surface area contributed by atoms with Gasteiger partial charge < -0.3 is 5.11 Å². The average Bonchev–Trinajstić information content (AvgIpc) is 3.09. The van der Waals surface area contributed by atoms with Gasteiger partial charge in [-0.1, -0.05) is 6.07 Å². The van der Waals surface area contributed by atoms with Crippen LogP contribution in [0, 0.1) is 0 Å². The van der Waals surface area contributed by atoms with Gasteiger partial charge in [-0.05, 0) is 24.6 Å². The lowest BCUT2D eigenvalue weighted by molar-refractivity contribution is 0.275. The molecule has 0 aliphatic carbocycles. The number of aliphatic hydroxyl groups excluding tert-OH is 1. The first kappa shape index (κ1) is 16.2. The van der Waals surface area contributed by atoms with Crippen molar-refractivity contribution in [3.8, 4) is 0 Å². The fourth-order valence-electron chi connectivity index (χ4n) is 3.14. The summed E-state index contributed by atoms with van der Waals surface area (Å²) in [6, 6.07) is 6.73. The van der Waals surface area contributed by atoms with Crippen molar-refractivity contribution >= 4 is 21.1 Å². The fraction of sp³-hybridized carbons (Fsp3) is 0.400. The van der Waals surface area contributed by atoms with Crippen molar-refractivity contribution in [1.29, 1.82) is 0 Å². The Kier molecular flexibility index (Phi) is 3.82. The minimum Gasteiger partial charge on any atom is -0.390 e. The van der Waals surface area contributed by atoms with E-state index in [1.807, 2.05) is 0 Å². The minimum absolute atomic E-state index is 0.161. The maximum Gasteiger partial charge on any atom is 0.245 e. The minimum atomic E-state index is -3.72. The zero-order chi connectivity index (χ0) is 17.6. The molecule has 3 heterocycles. The van der Waals surface area contributed by atoms with Crippen molar-refractivity contribution in [3.63, 3.8) is 0 Å². The summed E-state index contributed by atoms with van der Waals surface area (Å²) < 4.78 is 29.6. The molecular formula is C15H18N6O3S. The first-order valence-electron chi connectivity index (χ1n) is 7.96. The number of aliphatic hydroxyl groups is 1. The zero-order valence-corrected chi connectivity index (χ0v) is 14.5. The molecule has 2 aromatic heterocycles. The molecule has 1 aromatic carbocycles. The molecular weight excluding hydrogens is 344 g/mol. The molecule has 0 amide bonds. The second-order valence-electron chi connectivity index (χ2n) is 6.01. The number of sulfonamides is 1. The summed E-state index contributed by atoms with van der Waals surface area (Å²) in [6.07, 6.45) is 0.648. The molecule has 10 heteroatoms. The van der Waals surface area contributed by atoms with Crippen LogP contribution in [0.3, 0.4) is 0 Å². The van der Waals surface area contributed by atoms with Gasteiger partial charge in [0.1, 0.15) is 15.9 Å². The normalized spacial score (nSPS) is 16.1. The van der Waals surface area contributed by atoms with E-state index in [1.54, 1.807) is 36.0 Å². The zero-order valence-electron chi connectivity index (χ0n) is 13.7. The van der Waals surface area contributed by atoms with Gasteiger partial charge >= 0.3 is 0 Å². The number of hydrogen-bond acceptors (Lipinski definition) is 6. The summed E-state index contributed by atoms with van der Waals surface area (Å²) in [5, 5.41) is 21.9. The smallest absolute Gasteiger partial charge is 0.245 e. The molecule has 132 valence electrons. The Balaban J connectivity index is 1.76. The highest BCUT2D eigenvalue weighted by Gasteiger charge is 2.30. The standard InChI is InChI=1S/C15H18N6O3S/c1-19-17-13-4-2-5-14(15(13)18-19)25(23,24)20-6-3-7-21-12(9-20)8-11(10-22)16-21/h2,4-5,8,22H,3,6-7,9-10H2,1H3. The molecule has 0 unspecified atom stereocenters. The Morgan fingerprint density at radius 1 is 1.20 bits per heavy atom. The highest BCUT2D eigenvalue weighted by molar-refractivity contribution is 7.89. The summed E-state index contributed by atoms with van der Waals surface area (Å²) >= 11 is 0. The predicted molar refractivity (Wildman–Crippen MR) is 88.9 cm³/mol. The van der Waals surface area contributed by atoms with Crippen molar-refractivity contribution in [1.82, 2.24) is 29.1 Å². The molecule has 1 aliphatic heterocycles. The molecule has 0 saturated carbocycles. The Labute approximate surface area is 144 Å². The fourth-order valence-corrected chi connectivity index (χ4v) is 4.73. The van der Waals surface area contributed by atoms with Gasteiger partial charge in [0, 0.05) is 20.1 Å². The van der Waals surface area contributed by atoms with Gasteiger partial charge in [-0.3, -0.25) is 4.68 Å². The van der Waals surface area contributed by atoms with Crippen LogP contribution in [0.4, 0.5) is 0 Å². The molecule has 0 fully saturated rings. The Morgan fingerprint density at radius 2 is 2.04 bits per heavy atom. The highest BCUT2D eigenvalue weighted by Crippen LogP contribution is 2.26. The topological polar surface area (TPSA) is 106 Å². The summed E-state index contributed by atoms with van der Waals surface area (Å²) in [5.74, 6) is 0. The van der Waals surface area contributed by atoms with E-state index in [1.165, 1.54) is 9.10 Å². The summed E-state index contributed by atoms with van der Waals surface area (Å²) in [7, 11) is -2.06. The quantitative estimate of drug-likeness (QED) is 0.716. The van der Waals surface area contributed by atoms with E-state index in [4.69, 9.17) is 0 Å². The van der Waals surface area contributed by atoms with E-state index in [0.717, 1.165) is 5.69 Å². The molecule has 1 aliphatic rings. The van der Waals surface area contributed by atoms with Gasteiger partial charge in [0.05, 0.1) is 24.5 Å². The van der Waals surface area contributed by atoms with E-state index in [2.05, 4.69) is 15.3 Å². The number of nitrogens with zero attached hydrogens (tertiary/aromatic N) is 6. The van der Waals surface area contributed by atoms with Gasteiger partial charge in [0.15, 0.2) is 0 Å². The first-order valence-corrected chi connectivity index (χ1v) is 9.40. The Morgan fingerprint density at radius 3 is 2.84 bits per heavy atom. The van der Waals surface area contributed by atoms with Crippen LogP contribution in [0.5, 0.6) is 0 Å². The number of aryl methyl sites for hydroxylation is 2. The van der Waals surface area contributed by atoms with Crippen LogP contribution in [-0.4, -0.2) is 49.1 Å². The third kappa shape index (κ3) is 2.71. The van der Waals surface area contributed by atoms with Gasteiger partial charge in [-0.15, -0.1) is 0 Å².